The maximum atomic E-state index is 13.8. The zero-order chi connectivity index (χ0) is 24.0. The second-order valence-corrected chi connectivity index (χ2v) is 8.25. The minimum atomic E-state index is -0.744. The number of H-pyrrole nitrogens is 1. The second kappa shape index (κ2) is 8.55. The van der Waals surface area contributed by atoms with Crippen LogP contribution < -0.4 is 10.5 Å². The van der Waals surface area contributed by atoms with E-state index in [1.165, 1.54) is 29.1 Å². The summed E-state index contributed by atoms with van der Waals surface area (Å²) in [5.41, 5.74) is 2.31. The number of nitrogens with one attached hydrogen (secondary N) is 1. The molecular formula is C24H16Cl2FN4O3+. The molecule has 10 heteroatoms. The quantitative estimate of drug-likeness (QED) is 0.336. The molecule has 0 aliphatic carbocycles. The highest BCUT2D eigenvalue weighted by Gasteiger charge is 2.25. The third-order valence-corrected chi connectivity index (χ3v) is 5.93. The summed E-state index contributed by atoms with van der Waals surface area (Å²) >= 11 is 12.1. The summed E-state index contributed by atoms with van der Waals surface area (Å²) in [5.74, 6) is -1.28. The van der Waals surface area contributed by atoms with Crippen LogP contribution in [0.1, 0.15) is 17.3 Å². The molecular weight excluding hydrogens is 482 g/mol. The molecule has 3 aromatic heterocycles. The van der Waals surface area contributed by atoms with Crippen molar-refractivity contribution >= 4 is 45.9 Å². The van der Waals surface area contributed by atoms with Crippen LogP contribution in [0.5, 0.6) is 0 Å². The molecule has 2 aromatic carbocycles. The van der Waals surface area contributed by atoms with Crippen LogP contribution in [0.4, 0.5) is 4.39 Å². The third kappa shape index (κ3) is 3.61. The number of rotatable bonds is 4. The van der Waals surface area contributed by atoms with Gasteiger partial charge in [0.15, 0.2) is 11.9 Å². The van der Waals surface area contributed by atoms with Gasteiger partial charge in [0.2, 0.25) is 11.3 Å². The smallest absolute Gasteiger partial charge is 0.346 e. The number of hydrogen-bond acceptors (Lipinski definition) is 4. The van der Waals surface area contributed by atoms with Gasteiger partial charge in [0.1, 0.15) is 16.9 Å². The summed E-state index contributed by atoms with van der Waals surface area (Å²) < 4.78 is 21.8. The first-order valence-corrected chi connectivity index (χ1v) is 11.0. The van der Waals surface area contributed by atoms with Gasteiger partial charge in [-0.1, -0.05) is 35.3 Å². The van der Waals surface area contributed by atoms with Crippen LogP contribution in [0.3, 0.4) is 0 Å². The molecule has 0 saturated heterocycles. The van der Waals surface area contributed by atoms with Gasteiger partial charge in [-0.15, -0.1) is 0 Å². The number of aromatic amines is 1. The van der Waals surface area contributed by atoms with E-state index < -0.39 is 17.3 Å². The topological polar surface area (TPSA) is 79.7 Å². The largest absolute Gasteiger partial charge is 0.462 e. The van der Waals surface area contributed by atoms with Crippen LogP contribution in [0, 0.1) is 5.82 Å². The van der Waals surface area contributed by atoms with E-state index in [1.54, 1.807) is 29.7 Å². The molecule has 0 radical (unpaired) electrons. The van der Waals surface area contributed by atoms with Crippen molar-refractivity contribution in [1.29, 1.82) is 0 Å². The maximum Gasteiger partial charge on any atom is 0.346 e. The summed E-state index contributed by atoms with van der Waals surface area (Å²) in [7, 11) is 0. The molecule has 0 spiro atoms. The molecule has 1 N–H and O–H groups in total. The summed E-state index contributed by atoms with van der Waals surface area (Å²) in [6.07, 6.45) is 4.47. The number of carbonyl (C=O) groups excluding carboxylic acids is 1. The van der Waals surface area contributed by atoms with Crippen LogP contribution in [-0.2, 0) is 4.74 Å². The van der Waals surface area contributed by atoms with Crippen molar-refractivity contribution in [3.05, 3.63) is 93.0 Å². The molecule has 0 atom stereocenters. The van der Waals surface area contributed by atoms with E-state index in [4.69, 9.17) is 27.9 Å². The number of ether oxygens (including phenoxy) is 1. The fourth-order valence-corrected chi connectivity index (χ4v) is 4.11. The van der Waals surface area contributed by atoms with E-state index in [1.807, 2.05) is 18.3 Å². The van der Waals surface area contributed by atoms with E-state index in [9.17, 15) is 14.0 Å². The van der Waals surface area contributed by atoms with E-state index in [0.717, 1.165) is 11.1 Å². The Labute approximate surface area is 202 Å². The van der Waals surface area contributed by atoms with Crippen LogP contribution in [0.15, 0.2) is 66.0 Å². The molecule has 0 aliphatic rings. The molecule has 0 amide bonds. The highest BCUT2D eigenvalue weighted by Crippen LogP contribution is 2.34. The molecule has 0 bridgehead atoms. The lowest BCUT2D eigenvalue weighted by Crippen LogP contribution is -2.27. The molecule has 0 saturated carbocycles. The third-order valence-electron chi connectivity index (χ3n) is 5.38. The van der Waals surface area contributed by atoms with Crippen molar-refractivity contribution in [2.45, 2.75) is 6.92 Å². The fourth-order valence-electron chi connectivity index (χ4n) is 3.81. The van der Waals surface area contributed by atoms with Gasteiger partial charge < -0.3 is 4.74 Å². The SMILES string of the molecule is CCOC(=O)c1cnc2c3c(-c4ccc(Cl)cc4)cn(-c4ccc(F)c(Cl)c4)c3[nH+]cn2c1=O. The number of halogens is 3. The summed E-state index contributed by atoms with van der Waals surface area (Å²) in [5, 5.41) is 1.15. The van der Waals surface area contributed by atoms with Gasteiger partial charge in [-0.25, -0.2) is 23.5 Å². The minimum absolute atomic E-state index is 0.0263. The fraction of sp³-hybridized carbons (Fsp3) is 0.0833. The number of nitrogens with zero attached hydrogens (tertiary/aromatic N) is 3. The van der Waals surface area contributed by atoms with Crippen molar-refractivity contribution in [2.24, 2.45) is 0 Å². The first kappa shape index (κ1) is 22.1. The van der Waals surface area contributed by atoms with Gasteiger partial charge in [-0.3, -0.25) is 4.98 Å². The van der Waals surface area contributed by atoms with Gasteiger partial charge in [-0.2, -0.15) is 4.40 Å². The van der Waals surface area contributed by atoms with Gasteiger partial charge in [0, 0.05) is 10.6 Å². The zero-order valence-electron chi connectivity index (χ0n) is 17.7. The predicted molar refractivity (Wildman–Crippen MR) is 126 cm³/mol. The second-order valence-electron chi connectivity index (χ2n) is 7.41. The predicted octanol–water partition coefficient (Wildman–Crippen LogP) is 4.74. The lowest BCUT2D eigenvalue weighted by Gasteiger charge is -2.04. The Morgan fingerprint density at radius 3 is 2.65 bits per heavy atom. The molecule has 7 nitrogen and oxygen atoms in total. The molecule has 3 heterocycles. The van der Waals surface area contributed by atoms with Crippen molar-refractivity contribution < 1.29 is 18.9 Å². The van der Waals surface area contributed by atoms with Gasteiger partial charge in [0.05, 0.1) is 24.0 Å². The van der Waals surface area contributed by atoms with Gasteiger partial charge in [-0.05, 0) is 42.8 Å². The lowest BCUT2D eigenvalue weighted by atomic mass is 10.1. The van der Waals surface area contributed by atoms with E-state index in [2.05, 4.69) is 9.97 Å². The van der Waals surface area contributed by atoms with Crippen molar-refractivity contribution in [1.82, 2.24) is 14.0 Å². The minimum Gasteiger partial charge on any atom is -0.462 e. The average Bonchev–Trinajstić information content (AvgIpc) is 3.22. The number of esters is 1. The molecule has 0 aliphatic heterocycles. The van der Waals surface area contributed by atoms with Crippen molar-refractivity contribution in [3.63, 3.8) is 0 Å². The molecule has 5 aromatic rings. The van der Waals surface area contributed by atoms with Crippen LogP contribution >= 0.6 is 23.2 Å². The normalized spacial score (nSPS) is 11.3. The van der Waals surface area contributed by atoms with Crippen molar-refractivity contribution in [3.8, 4) is 16.8 Å². The number of hydrogen-bond donors (Lipinski definition) is 0. The Bertz CT molecular complexity index is 1640. The Morgan fingerprint density at radius 2 is 1.94 bits per heavy atom. The van der Waals surface area contributed by atoms with Gasteiger partial charge in [0.25, 0.3) is 0 Å². The Hall–Kier alpha value is -3.75. The van der Waals surface area contributed by atoms with Crippen LogP contribution in [-0.4, -0.2) is 26.5 Å². The Kier molecular flexibility index (Phi) is 5.55. The molecule has 0 unspecified atom stereocenters. The van der Waals surface area contributed by atoms with Crippen LogP contribution in [0.2, 0.25) is 10.0 Å². The standard InChI is InChI=1S/C24H15Cl2FN4O3/c1-2-34-24(33)16-10-28-21-20-17(13-3-5-14(25)6-4-13)11-30(15-7-8-19(27)18(26)9-15)22(20)29-12-31(21)23(16)32/h3-12H,2H2,1H3/p+1. The lowest BCUT2D eigenvalue weighted by molar-refractivity contribution is -0.354. The number of aromatic nitrogens is 4. The molecule has 170 valence electrons. The van der Waals surface area contributed by atoms with Crippen LogP contribution in [0.25, 0.3) is 33.5 Å². The summed E-state index contributed by atoms with van der Waals surface area (Å²) in [6.45, 7) is 1.79. The van der Waals surface area contributed by atoms with E-state index in [0.29, 0.717) is 27.4 Å². The Morgan fingerprint density at radius 1 is 1.18 bits per heavy atom. The first-order chi connectivity index (χ1) is 16.4. The Balaban J connectivity index is 1.85. The van der Waals surface area contributed by atoms with Gasteiger partial charge >= 0.3 is 11.5 Å². The van der Waals surface area contributed by atoms with Crippen molar-refractivity contribution in [2.75, 3.05) is 6.61 Å². The number of benzene rings is 2. The molecule has 5 rings (SSSR count). The number of fused-ring (bicyclic) bond motifs is 3. The zero-order valence-corrected chi connectivity index (χ0v) is 19.2. The maximum absolute atomic E-state index is 13.8. The summed E-state index contributed by atoms with van der Waals surface area (Å²) in [4.78, 5) is 32.8. The highest BCUT2D eigenvalue weighted by molar-refractivity contribution is 6.31. The average molecular weight is 498 g/mol. The highest BCUT2D eigenvalue weighted by atomic mass is 35.5. The summed E-state index contributed by atoms with van der Waals surface area (Å²) in [6, 6.07) is 11.6. The van der Waals surface area contributed by atoms with E-state index in [-0.39, 0.29) is 17.2 Å². The van der Waals surface area contributed by atoms with E-state index >= 15 is 0 Å². The molecule has 0 fully saturated rings. The monoisotopic (exact) mass is 497 g/mol. The number of carbonyl (C=O) groups is 1. The first-order valence-electron chi connectivity index (χ1n) is 10.2. The molecule has 34 heavy (non-hydrogen) atoms.